The van der Waals surface area contributed by atoms with Gasteiger partial charge in [0, 0.05) is 24.8 Å². The van der Waals surface area contributed by atoms with Crippen LogP contribution in [0, 0.1) is 0 Å². The van der Waals surface area contributed by atoms with Crippen molar-refractivity contribution in [1.29, 1.82) is 0 Å². The molecule has 0 saturated carbocycles. The van der Waals surface area contributed by atoms with Gasteiger partial charge in [0.1, 0.15) is 0 Å². The fraction of sp³-hybridized carbons (Fsp3) is 0.368. The first kappa shape index (κ1) is 16.5. The zero-order valence-corrected chi connectivity index (χ0v) is 13.8. The smallest absolute Gasteiger partial charge is 0.226 e. The summed E-state index contributed by atoms with van der Waals surface area (Å²) in [6, 6.07) is 14.3. The van der Waals surface area contributed by atoms with Crippen molar-refractivity contribution < 1.29 is 4.79 Å². The number of nitrogens with zero attached hydrogens (tertiary/aromatic N) is 2. The Morgan fingerprint density at radius 2 is 2.08 bits per heavy atom. The minimum absolute atomic E-state index is 0.0267. The Hall–Kier alpha value is -2.40. The molecule has 3 N–H and O–H groups in total. The molecule has 1 atom stereocenters. The molecule has 2 heterocycles. The molecule has 0 spiro atoms. The van der Waals surface area contributed by atoms with E-state index in [9.17, 15) is 4.79 Å². The number of hydrogen-bond donors (Lipinski definition) is 2. The molecule has 0 bridgehead atoms. The summed E-state index contributed by atoms with van der Waals surface area (Å²) in [6.45, 7) is 2.92. The molecular formula is C19H24N4O. The van der Waals surface area contributed by atoms with Gasteiger partial charge in [0.15, 0.2) is 0 Å². The van der Waals surface area contributed by atoms with E-state index in [0.717, 1.165) is 38.2 Å². The molecule has 0 aliphatic carbocycles. The van der Waals surface area contributed by atoms with Gasteiger partial charge >= 0.3 is 0 Å². The van der Waals surface area contributed by atoms with E-state index < -0.39 is 0 Å². The first-order chi connectivity index (χ1) is 11.7. The van der Waals surface area contributed by atoms with Gasteiger partial charge in [0.05, 0.1) is 18.3 Å². The molecule has 1 unspecified atom stereocenters. The average Bonchev–Trinajstić information content (AvgIpc) is 2.58. The standard InChI is InChI=1S/C19H24N4O/c20-16-8-9-17(21-12-16)11-19(24)22-18-7-4-10-23(14-18)13-15-5-2-1-3-6-15/h1-3,5-6,8-9,12,18H,4,7,10-11,13-14,20H2,(H,22,24). The van der Waals surface area contributed by atoms with Crippen LogP contribution < -0.4 is 11.1 Å². The number of rotatable bonds is 5. The number of carbonyl (C=O) groups excluding carboxylic acids is 1. The van der Waals surface area contributed by atoms with Crippen molar-refractivity contribution >= 4 is 11.6 Å². The third-order valence-electron chi connectivity index (χ3n) is 4.31. The molecule has 5 nitrogen and oxygen atoms in total. The molecule has 1 aromatic carbocycles. The van der Waals surface area contributed by atoms with Gasteiger partial charge in [-0.3, -0.25) is 14.7 Å². The van der Waals surface area contributed by atoms with E-state index in [2.05, 4.69) is 39.5 Å². The van der Waals surface area contributed by atoms with E-state index in [1.807, 2.05) is 6.07 Å². The van der Waals surface area contributed by atoms with Crippen LogP contribution in [0.4, 0.5) is 5.69 Å². The van der Waals surface area contributed by atoms with Crippen LogP contribution >= 0.6 is 0 Å². The van der Waals surface area contributed by atoms with Crippen LogP contribution in [-0.4, -0.2) is 34.9 Å². The summed E-state index contributed by atoms with van der Waals surface area (Å²) in [4.78, 5) is 18.8. The molecule has 24 heavy (non-hydrogen) atoms. The van der Waals surface area contributed by atoms with Crippen LogP contribution in [0.1, 0.15) is 24.1 Å². The number of nitrogens with two attached hydrogens (primary N) is 1. The average molecular weight is 324 g/mol. The van der Waals surface area contributed by atoms with Crippen LogP contribution in [0.5, 0.6) is 0 Å². The monoisotopic (exact) mass is 324 g/mol. The molecule has 1 aliphatic heterocycles. The molecule has 126 valence electrons. The molecule has 3 rings (SSSR count). The second-order valence-electron chi connectivity index (χ2n) is 6.39. The Bertz CT molecular complexity index is 657. The lowest BCUT2D eigenvalue weighted by atomic mass is 10.0. The number of piperidine rings is 1. The first-order valence-electron chi connectivity index (χ1n) is 8.45. The number of likely N-dealkylation sites (tertiary alicyclic amines) is 1. The number of pyridine rings is 1. The fourth-order valence-electron chi connectivity index (χ4n) is 3.14. The second kappa shape index (κ2) is 7.93. The minimum atomic E-state index is 0.0267. The first-order valence-corrected chi connectivity index (χ1v) is 8.45. The number of nitrogens with one attached hydrogen (secondary N) is 1. The summed E-state index contributed by atoms with van der Waals surface area (Å²) >= 11 is 0. The lowest BCUT2D eigenvalue weighted by Crippen LogP contribution is -2.47. The lowest BCUT2D eigenvalue weighted by molar-refractivity contribution is -0.121. The Labute approximate surface area is 142 Å². The van der Waals surface area contributed by atoms with Crippen LogP contribution in [0.3, 0.4) is 0 Å². The lowest BCUT2D eigenvalue weighted by Gasteiger charge is -2.33. The highest BCUT2D eigenvalue weighted by Crippen LogP contribution is 2.14. The molecular weight excluding hydrogens is 300 g/mol. The van der Waals surface area contributed by atoms with Gasteiger partial charge in [-0.1, -0.05) is 30.3 Å². The van der Waals surface area contributed by atoms with Crippen LogP contribution in [0.2, 0.25) is 0 Å². The zero-order valence-electron chi connectivity index (χ0n) is 13.8. The van der Waals surface area contributed by atoms with Gasteiger partial charge in [-0.05, 0) is 37.1 Å². The Balaban J connectivity index is 1.49. The van der Waals surface area contributed by atoms with Gasteiger partial charge < -0.3 is 11.1 Å². The summed E-state index contributed by atoms with van der Waals surface area (Å²) in [5.74, 6) is 0.0267. The highest BCUT2D eigenvalue weighted by Gasteiger charge is 2.21. The third kappa shape index (κ3) is 4.80. The highest BCUT2D eigenvalue weighted by molar-refractivity contribution is 5.78. The molecule has 1 aromatic heterocycles. The van der Waals surface area contributed by atoms with Crippen molar-refractivity contribution in [3.63, 3.8) is 0 Å². The van der Waals surface area contributed by atoms with Gasteiger partial charge in [0.25, 0.3) is 0 Å². The molecule has 1 amide bonds. The van der Waals surface area contributed by atoms with Crippen molar-refractivity contribution in [1.82, 2.24) is 15.2 Å². The Kier molecular flexibility index (Phi) is 5.43. The second-order valence-corrected chi connectivity index (χ2v) is 6.39. The maximum Gasteiger partial charge on any atom is 0.226 e. The van der Waals surface area contributed by atoms with Crippen molar-refractivity contribution in [2.75, 3.05) is 18.8 Å². The van der Waals surface area contributed by atoms with Crippen molar-refractivity contribution in [2.24, 2.45) is 0 Å². The van der Waals surface area contributed by atoms with Gasteiger partial charge in [0.2, 0.25) is 5.91 Å². The van der Waals surface area contributed by atoms with E-state index in [0.29, 0.717) is 12.1 Å². The maximum atomic E-state index is 12.2. The highest BCUT2D eigenvalue weighted by atomic mass is 16.1. The zero-order chi connectivity index (χ0) is 16.8. The molecule has 5 heteroatoms. The summed E-state index contributed by atoms with van der Waals surface area (Å²) < 4.78 is 0. The van der Waals surface area contributed by atoms with Crippen LogP contribution in [-0.2, 0) is 17.8 Å². The third-order valence-corrected chi connectivity index (χ3v) is 4.31. The van der Waals surface area contributed by atoms with Crippen molar-refractivity contribution in [3.05, 3.63) is 59.9 Å². The largest absolute Gasteiger partial charge is 0.397 e. The molecule has 1 fully saturated rings. The topological polar surface area (TPSA) is 71.2 Å². The molecule has 2 aromatic rings. The number of amides is 1. The number of benzene rings is 1. The van der Waals surface area contributed by atoms with Crippen molar-refractivity contribution in [2.45, 2.75) is 31.8 Å². The van der Waals surface area contributed by atoms with Gasteiger partial charge in [-0.25, -0.2) is 0 Å². The van der Waals surface area contributed by atoms with E-state index in [4.69, 9.17) is 5.73 Å². The number of carbonyl (C=O) groups is 1. The molecule has 1 saturated heterocycles. The maximum absolute atomic E-state index is 12.2. The molecule has 1 aliphatic rings. The summed E-state index contributed by atoms with van der Waals surface area (Å²) in [7, 11) is 0. The number of aromatic nitrogens is 1. The van der Waals surface area contributed by atoms with Crippen LogP contribution in [0.15, 0.2) is 48.7 Å². The number of hydrogen-bond acceptors (Lipinski definition) is 4. The Morgan fingerprint density at radius 1 is 1.25 bits per heavy atom. The van der Waals surface area contributed by atoms with Gasteiger partial charge in [-0.15, -0.1) is 0 Å². The predicted molar refractivity (Wildman–Crippen MR) is 95.2 cm³/mol. The number of anilines is 1. The SMILES string of the molecule is Nc1ccc(CC(=O)NC2CCCN(Cc3ccccc3)C2)nc1. The minimum Gasteiger partial charge on any atom is -0.397 e. The molecule has 0 radical (unpaired) electrons. The van der Waals surface area contributed by atoms with E-state index >= 15 is 0 Å². The van der Waals surface area contributed by atoms with E-state index in [1.165, 1.54) is 5.56 Å². The summed E-state index contributed by atoms with van der Waals surface area (Å²) in [6.07, 6.45) is 4.03. The van der Waals surface area contributed by atoms with E-state index in [-0.39, 0.29) is 11.9 Å². The summed E-state index contributed by atoms with van der Waals surface area (Å²) in [5.41, 5.74) is 8.29. The normalized spacial score (nSPS) is 18.2. The predicted octanol–water partition coefficient (Wildman–Crippen LogP) is 1.99. The van der Waals surface area contributed by atoms with E-state index in [1.54, 1.807) is 18.3 Å². The quantitative estimate of drug-likeness (QED) is 0.882. The van der Waals surface area contributed by atoms with Crippen molar-refractivity contribution in [3.8, 4) is 0 Å². The number of nitrogen functional groups attached to an aromatic ring is 1. The fourth-order valence-corrected chi connectivity index (χ4v) is 3.14. The Morgan fingerprint density at radius 3 is 2.83 bits per heavy atom. The van der Waals surface area contributed by atoms with Gasteiger partial charge in [-0.2, -0.15) is 0 Å². The van der Waals surface area contributed by atoms with Crippen LogP contribution in [0.25, 0.3) is 0 Å². The summed E-state index contributed by atoms with van der Waals surface area (Å²) in [5, 5.41) is 3.15.